The summed E-state index contributed by atoms with van der Waals surface area (Å²) in [6, 6.07) is 6.05. The van der Waals surface area contributed by atoms with Crippen molar-refractivity contribution < 1.29 is 13.9 Å². The molecule has 0 aliphatic carbocycles. The van der Waals surface area contributed by atoms with E-state index in [1.165, 1.54) is 22.9 Å². The van der Waals surface area contributed by atoms with Crippen molar-refractivity contribution in [3.05, 3.63) is 58.3 Å². The summed E-state index contributed by atoms with van der Waals surface area (Å²) in [5.41, 5.74) is 2.76. The van der Waals surface area contributed by atoms with Gasteiger partial charge in [-0.15, -0.1) is 5.10 Å². The number of carbonyl (C=O) groups is 1. The highest BCUT2D eigenvalue weighted by atomic mass is 35.5. The van der Waals surface area contributed by atoms with Crippen LogP contribution < -0.4 is 9.64 Å². The third-order valence-electron chi connectivity index (χ3n) is 4.30. The lowest BCUT2D eigenvalue weighted by atomic mass is 10.2. The second kappa shape index (κ2) is 6.62. The summed E-state index contributed by atoms with van der Waals surface area (Å²) in [6.07, 6.45) is 1.69. The van der Waals surface area contributed by atoms with E-state index in [1.807, 2.05) is 13.0 Å². The van der Waals surface area contributed by atoms with E-state index < -0.39 is 5.82 Å². The molecule has 1 amide bonds. The van der Waals surface area contributed by atoms with Gasteiger partial charge in [0.2, 0.25) is 5.88 Å². The van der Waals surface area contributed by atoms with E-state index in [-0.39, 0.29) is 16.6 Å². The Balaban J connectivity index is 1.71. The Morgan fingerprint density at radius 1 is 1.30 bits per heavy atom. The van der Waals surface area contributed by atoms with Crippen LogP contribution in [0, 0.1) is 19.7 Å². The Kier molecular flexibility index (Phi) is 4.27. The Bertz CT molecular complexity index is 1050. The van der Waals surface area contributed by atoms with Crippen LogP contribution in [0.3, 0.4) is 0 Å². The Morgan fingerprint density at radius 3 is 2.89 bits per heavy atom. The van der Waals surface area contributed by atoms with Gasteiger partial charge < -0.3 is 4.74 Å². The predicted molar refractivity (Wildman–Crippen MR) is 97.2 cm³/mol. The summed E-state index contributed by atoms with van der Waals surface area (Å²) < 4.78 is 20.4. The molecular formula is C18H15ClFN5O2. The van der Waals surface area contributed by atoms with Gasteiger partial charge in [0.1, 0.15) is 18.1 Å². The Hall–Kier alpha value is -3.00. The zero-order valence-electron chi connectivity index (χ0n) is 14.6. The van der Waals surface area contributed by atoms with Gasteiger partial charge in [0, 0.05) is 6.20 Å². The molecule has 2 aromatic heterocycles. The molecule has 4 rings (SSSR count). The first-order valence-corrected chi connectivity index (χ1v) is 8.62. The van der Waals surface area contributed by atoms with Gasteiger partial charge in [0.05, 0.1) is 22.9 Å². The number of hydrogen-bond donors (Lipinski definition) is 0. The standard InChI is InChI=1S/C18H15ClFN5O2/c1-10-7-15-17(21-9-10)27-6-5-24(15)18(26)16-11(2)25(23-22-16)12-3-4-14(20)13(19)8-12/h3-4,7-9H,5-6H2,1-2H3. The van der Waals surface area contributed by atoms with E-state index in [1.54, 1.807) is 18.0 Å². The summed E-state index contributed by atoms with van der Waals surface area (Å²) in [6.45, 7) is 4.34. The Morgan fingerprint density at radius 2 is 2.11 bits per heavy atom. The maximum absolute atomic E-state index is 13.4. The van der Waals surface area contributed by atoms with E-state index in [9.17, 15) is 9.18 Å². The highest BCUT2D eigenvalue weighted by Crippen LogP contribution is 2.31. The first kappa shape index (κ1) is 17.4. The number of ether oxygens (including phenoxy) is 1. The van der Waals surface area contributed by atoms with Crippen LogP contribution in [-0.4, -0.2) is 39.0 Å². The maximum Gasteiger partial charge on any atom is 0.281 e. The van der Waals surface area contributed by atoms with E-state index in [4.69, 9.17) is 16.3 Å². The summed E-state index contributed by atoms with van der Waals surface area (Å²) >= 11 is 5.85. The largest absolute Gasteiger partial charge is 0.474 e. The highest BCUT2D eigenvalue weighted by molar-refractivity contribution is 6.30. The third-order valence-corrected chi connectivity index (χ3v) is 4.59. The summed E-state index contributed by atoms with van der Waals surface area (Å²) in [4.78, 5) is 18.9. The number of fused-ring (bicyclic) bond motifs is 1. The number of anilines is 1. The molecule has 1 aliphatic heterocycles. The summed E-state index contributed by atoms with van der Waals surface area (Å²) in [7, 11) is 0. The molecule has 138 valence electrons. The normalized spacial score (nSPS) is 13.3. The second-order valence-corrected chi connectivity index (χ2v) is 6.58. The molecule has 3 aromatic rings. The predicted octanol–water partition coefficient (Wildman–Crippen LogP) is 3.11. The van der Waals surface area contributed by atoms with Crippen molar-refractivity contribution in [1.29, 1.82) is 0 Å². The number of nitrogens with zero attached hydrogens (tertiary/aromatic N) is 5. The minimum absolute atomic E-state index is 0.0288. The molecule has 1 aromatic carbocycles. The molecule has 0 radical (unpaired) electrons. The molecular weight excluding hydrogens is 373 g/mol. The smallest absolute Gasteiger partial charge is 0.281 e. The van der Waals surface area contributed by atoms with Gasteiger partial charge in [-0.05, 0) is 43.7 Å². The number of pyridine rings is 1. The van der Waals surface area contributed by atoms with E-state index >= 15 is 0 Å². The van der Waals surface area contributed by atoms with Gasteiger partial charge in [-0.25, -0.2) is 14.1 Å². The van der Waals surface area contributed by atoms with Crippen LogP contribution in [-0.2, 0) is 0 Å². The van der Waals surface area contributed by atoms with Crippen LogP contribution in [0.4, 0.5) is 10.1 Å². The average Bonchev–Trinajstić information content (AvgIpc) is 3.04. The second-order valence-electron chi connectivity index (χ2n) is 6.18. The van der Waals surface area contributed by atoms with E-state index in [0.29, 0.717) is 36.1 Å². The van der Waals surface area contributed by atoms with Crippen molar-refractivity contribution in [2.45, 2.75) is 13.8 Å². The van der Waals surface area contributed by atoms with E-state index in [2.05, 4.69) is 15.3 Å². The van der Waals surface area contributed by atoms with Crippen molar-refractivity contribution >= 4 is 23.2 Å². The van der Waals surface area contributed by atoms with Crippen LogP contribution in [0.25, 0.3) is 5.69 Å². The van der Waals surface area contributed by atoms with Gasteiger partial charge in [-0.3, -0.25) is 9.69 Å². The van der Waals surface area contributed by atoms with Crippen molar-refractivity contribution in [3.8, 4) is 11.6 Å². The molecule has 27 heavy (non-hydrogen) atoms. The molecule has 0 saturated heterocycles. The number of halogens is 2. The number of amides is 1. The fourth-order valence-corrected chi connectivity index (χ4v) is 3.10. The first-order valence-electron chi connectivity index (χ1n) is 8.25. The molecule has 0 atom stereocenters. The minimum atomic E-state index is -0.526. The van der Waals surface area contributed by atoms with Gasteiger partial charge >= 0.3 is 0 Å². The van der Waals surface area contributed by atoms with Gasteiger partial charge in [0.25, 0.3) is 5.91 Å². The van der Waals surface area contributed by atoms with Crippen molar-refractivity contribution in [1.82, 2.24) is 20.0 Å². The SMILES string of the molecule is Cc1cnc2c(c1)N(C(=O)c1nnn(-c3ccc(F)c(Cl)c3)c1C)CCO2. The zero-order chi connectivity index (χ0) is 19.1. The van der Waals surface area contributed by atoms with Crippen LogP contribution in [0.2, 0.25) is 5.02 Å². The first-order chi connectivity index (χ1) is 13.0. The topological polar surface area (TPSA) is 73.1 Å². The summed E-state index contributed by atoms with van der Waals surface area (Å²) in [5.74, 6) is -0.415. The number of benzene rings is 1. The molecule has 3 heterocycles. The van der Waals surface area contributed by atoms with Gasteiger partial charge in [-0.2, -0.15) is 0 Å². The third kappa shape index (κ3) is 3.02. The van der Waals surface area contributed by atoms with E-state index in [0.717, 1.165) is 5.56 Å². The molecule has 0 unspecified atom stereocenters. The van der Waals surface area contributed by atoms with Crippen molar-refractivity contribution in [3.63, 3.8) is 0 Å². The number of carbonyl (C=O) groups excluding carboxylic acids is 1. The van der Waals surface area contributed by atoms with Crippen molar-refractivity contribution in [2.24, 2.45) is 0 Å². The minimum Gasteiger partial charge on any atom is -0.474 e. The van der Waals surface area contributed by atoms with Crippen LogP contribution >= 0.6 is 11.6 Å². The fourth-order valence-electron chi connectivity index (χ4n) is 2.93. The molecule has 0 saturated carbocycles. The maximum atomic E-state index is 13.4. The molecule has 1 aliphatic rings. The van der Waals surface area contributed by atoms with Gasteiger partial charge in [-0.1, -0.05) is 16.8 Å². The quantitative estimate of drug-likeness (QED) is 0.675. The molecule has 0 fully saturated rings. The summed E-state index contributed by atoms with van der Waals surface area (Å²) in [5, 5.41) is 8.05. The number of aromatic nitrogens is 4. The Labute approximate surface area is 159 Å². The van der Waals surface area contributed by atoms with Gasteiger partial charge in [0.15, 0.2) is 5.69 Å². The zero-order valence-corrected chi connectivity index (χ0v) is 15.4. The monoisotopic (exact) mass is 387 g/mol. The van der Waals surface area contributed by atoms with Crippen LogP contribution in [0.1, 0.15) is 21.7 Å². The number of aryl methyl sites for hydroxylation is 1. The number of hydrogen-bond acceptors (Lipinski definition) is 5. The molecule has 0 N–H and O–H groups in total. The lowest BCUT2D eigenvalue weighted by Crippen LogP contribution is -2.38. The lowest BCUT2D eigenvalue weighted by molar-refractivity contribution is 0.0970. The molecule has 9 heteroatoms. The highest BCUT2D eigenvalue weighted by Gasteiger charge is 2.29. The van der Waals surface area contributed by atoms with Crippen LogP contribution in [0.15, 0.2) is 30.5 Å². The molecule has 0 spiro atoms. The fraction of sp³-hybridized carbons (Fsp3) is 0.222. The number of rotatable bonds is 2. The molecule has 7 nitrogen and oxygen atoms in total. The average molecular weight is 388 g/mol. The van der Waals surface area contributed by atoms with Crippen molar-refractivity contribution in [2.75, 3.05) is 18.1 Å². The lowest BCUT2D eigenvalue weighted by Gasteiger charge is -2.28. The molecule has 0 bridgehead atoms. The van der Waals surface area contributed by atoms with Crippen LogP contribution in [0.5, 0.6) is 5.88 Å².